The van der Waals surface area contributed by atoms with Crippen LogP contribution in [0, 0.1) is 0 Å². The molecule has 2 aliphatic rings. The molecule has 5 nitrogen and oxygen atoms in total. The molecule has 6 heteroatoms. The van der Waals surface area contributed by atoms with Gasteiger partial charge in [-0.3, -0.25) is 0 Å². The molecule has 1 aromatic carbocycles. The Labute approximate surface area is 120 Å². The highest BCUT2D eigenvalue weighted by Gasteiger charge is 2.41. The van der Waals surface area contributed by atoms with Crippen molar-refractivity contribution in [3.05, 3.63) is 30.3 Å². The van der Waals surface area contributed by atoms with E-state index in [0.29, 0.717) is 24.6 Å². The number of piperidine rings is 1. The second-order valence-electron chi connectivity index (χ2n) is 5.43. The summed E-state index contributed by atoms with van der Waals surface area (Å²) in [6.07, 6.45) is 1.74. The van der Waals surface area contributed by atoms with Gasteiger partial charge in [0.25, 0.3) is 0 Å². The van der Waals surface area contributed by atoms with Crippen molar-refractivity contribution in [2.24, 2.45) is 0 Å². The van der Waals surface area contributed by atoms with Gasteiger partial charge >= 0.3 is 0 Å². The highest BCUT2D eigenvalue weighted by Crippen LogP contribution is 2.30. The molecule has 1 N–H and O–H groups in total. The molecule has 0 aromatic heterocycles. The van der Waals surface area contributed by atoms with Crippen molar-refractivity contribution in [2.75, 3.05) is 32.8 Å². The fourth-order valence-corrected chi connectivity index (χ4v) is 4.46. The van der Waals surface area contributed by atoms with Crippen molar-refractivity contribution in [3.8, 4) is 0 Å². The lowest BCUT2D eigenvalue weighted by molar-refractivity contribution is -0.105. The van der Waals surface area contributed by atoms with Gasteiger partial charge in [0.1, 0.15) is 0 Å². The van der Waals surface area contributed by atoms with Gasteiger partial charge < -0.3 is 10.1 Å². The molecule has 0 amide bonds. The lowest BCUT2D eigenvalue weighted by atomic mass is 9.91. The van der Waals surface area contributed by atoms with Crippen LogP contribution in [0.15, 0.2) is 35.2 Å². The monoisotopic (exact) mass is 296 g/mol. The molecule has 0 aliphatic carbocycles. The Hall–Kier alpha value is -0.950. The Morgan fingerprint density at radius 3 is 2.55 bits per heavy atom. The standard InChI is InChI=1S/C14H20N2O3S/c17-20(18,13-4-2-1-3-5-13)16-10-11-19-14(12-16)6-8-15-9-7-14/h1-5,15H,6-12H2. The summed E-state index contributed by atoms with van der Waals surface area (Å²) in [5, 5.41) is 3.29. The summed E-state index contributed by atoms with van der Waals surface area (Å²) in [5.74, 6) is 0. The summed E-state index contributed by atoms with van der Waals surface area (Å²) >= 11 is 0. The molecule has 2 fully saturated rings. The number of hydrogen-bond donors (Lipinski definition) is 1. The Morgan fingerprint density at radius 2 is 1.85 bits per heavy atom. The molecule has 2 saturated heterocycles. The molecule has 1 aromatic rings. The molecular weight excluding hydrogens is 276 g/mol. The van der Waals surface area contributed by atoms with Gasteiger partial charge in [0.15, 0.2) is 0 Å². The van der Waals surface area contributed by atoms with Gasteiger partial charge in [-0.2, -0.15) is 4.31 Å². The van der Waals surface area contributed by atoms with E-state index in [9.17, 15) is 8.42 Å². The Bertz CT molecular complexity index is 548. The van der Waals surface area contributed by atoms with E-state index < -0.39 is 10.0 Å². The number of nitrogens with zero attached hydrogens (tertiary/aromatic N) is 1. The molecule has 20 heavy (non-hydrogen) atoms. The molecule has 0 radical (unpaired) electrons. The lowest BCUT2D eigenvalue weighted by Crippen LogP contribution is -2.57. The van der Waals surface area contributed by atoms with Crippen molar-refractivity contribution in [1.82, 2.24) is 9.62 Å². The van der Waals surface area contributed by atoms with Gasteiger partial charge in [0.05, 0.1) is 17.1 Å². The molecular formula is C14H20N2O3S. The second-order valence-corrected chi connectivity index (χ2v) is 7.37. The summed E-state index contributed by atoms with van der Waals surface area (Å²) in [6, 6.07) is 8.65. The maximum absolute atomic E-state index is 12.7. The molecule has 0 unspecified atom stereocenters. The Kier molecular flexibility index (Phi) is 3.81. The highest BCUT2D eigenvalue weighted by atomic mass is 32.2. The number of morpholine rings is 1. The quantitative estimate of drug-likeness (QED) is 0.878. The number of benzene rings is 1. The molecule has 0 bridgehead atoms. The average molecular weight is 296 g/mol. The van der Waals surface area contributed by atoms with Crippen molar-refractivity contribution >= 4 is 10.0 Å². The van der Waals surface area contributed by atoms with E-state index in [4.69, 9.17) is 4.74 Å². The van der Waals surface area contributed by atoms with Gasteiger partial charge in [-0.15, -0.1) is 0 Å². The van der Waals surface area contributed by atoms with Crippen LogP contribution < -0.4 is 5.32 Å². The van der Waals surface area contributed by atoms with Gasteiger partial charge in [-0.1, -0.05) is 18.2 Å². The molecule has 110 valence electrons. The van der Waals surface area contributed by atoms with Crippen molar-refractivity contribution in [2.45, 2.75) is 23.3 Å². The fourth-order valence-electron chi connectivity index (χ4n) is 2.94. The van der Waals surface area contributed by atoms with E-state index in [1.807, 2.05) is 6.07 Å². The van der Waals surface area contributed by atoms with Crippen molar-refractivity contribution in [3.63, 3.8) is 0 Å². The molecule has 3 rings (SSSR count). The van der Waals surface area contributed by atoms with Crippen LogP contribution in [0.4, 0.5) is 0 Å². The third kappa shape index (κ3) is 2.61. The molecule has 2 heterocycles. The minimum absolute atomic E-state index is 0.300. The highest BCUT2D eigenvalue weighted by molar-refractivity contribution is 7.89. The predicted octanol–water partition coefficient (Wildman–Crippen LogP) is 0.830. The summed E-state index contributed by atoms with van der Waals surface area (Å²) in [4.78, 5) is 0.367. The maximum Gasteiger partial charge on any atom is 0.243 e. The van der Waals surface area contributed by atoms with E-state index in [1.165, 1.54) is 0 Å². The van der Waals surface area contributed by atoms with E-state index in [-0.39, 0.29) is 5.60 Å². The van der Waals surface area contributed by atoms with Gasteiger partial charge in [-0.25, -0.2) is 8.42 Å². The largest absolute Gasteiger partial charge is 0.372 e. The van der Waals surface area contributed by atoms with Crippen LogP contribution in [0.3, 0.4) is 0 Å². The van der Waals surface area contributed by atoms with Crippen LogP contribution in [0.25, 0.3) is 0 Å². The molecule has 2 aliphatic heterocycles. The maximum atomic E-state index is 12.7. The first-order valence-electron chi connectivity index (χ1n) is 7.02. The molecule has 0 saturated carbocycles. The van der Waals surface area contributed by atoms with Crippen molar-refractivity contribution in [1.29, 1.82) is 0 Å². The van der Waals surface area contributed by atoms with Crippen LogP contribution in [0.5, 0.6) is 0 Å². The third-order valence-electron chi connectivity index (χ3n) is 4.11. The number of rotatable bonds is 2. The van der Waals surface area contributed by atoms with Gasteiger partial charge in [0.2, 0.25) is 10.0 Å². The Morgan fingerprint density at radius 1 is 1.15 bits per heavy atom. The zero-order valence-corrected chi connectivity index (χ0v) is 12.2. The number of hydrogen-bond acceptors (Lipinski definition) is 4. The van der Waals surface area contributed by atoms with Gasteiger partial charge in [-0.05, 0) is 38.1 Å². The minimum atomic E-state index is -3.40. The fraction of sp³-hybridized carbons (Fsp3) is 0.571. The first-order valence-corrected chi connectivity index (χ1v) is 8.46. The molecule has 0 atom stereocenters. The minimum Gasteiger partial charge on any atom is -0.372 e. The number of nitrogens with one attached hydrogen (secondary N) is 1. The number of ether oxygens (including phenoxy) is 1. The average Bonchev–Trinajstić information content (AvgIpc) is 2.49. The summed E-state index contributed by atoms with van der Waals surface area (Å²) in [7, 11) is -3.40. The van der Waals surface area contributed by atoms with E-state index in [2.05, 4.69) is 5.32 Å². The van der Waals surface area contributed by atoms with Crippen LogP contribution >= 0.6 is 0 Å². The van der Waals surface area contributed by atoms with Crippen LogP contribution in [0.1, 0.15) is 12.8 Å². The van der Waals surface area contributed by atoms with Crippen LogP contribution in [0.2, 0.25) is 0 Å². The first-order chi connectivity index (χ1) is 9.62. The number of sulfonamides is 1. The van der Waals surface area contributed by atoms with Crippen LogP contribution in [-0.2, 0) is 14.8 Å². The summed E-state index contributed by atoms with van der Waals surface area (Å²) in [6.45, 7) is 3.16. The van der Waals surface area contributed by atoms with E-state index >= 15 is 0 Å². The zero-order valence-electron chi connectivity index (χ0n) is 11.4. The Balaban J connectivity index is 1.83. The van der Waals surface area contributed by atoms with Gasteiger partial charge in [0, 0.05) is 13.1 Å². The first kappa shape index (κ1) is 14.0. The predicted molar refractivity (Wildman–Crippen MR) is 76.0 cm³/mol. The van der Waals surface area contributed by atoms with Crippen LogP contribution in [-0.4, -0.2) is 51.1 Å². The van der Waals surface area contributed by atoms with E-state index in [1.54, 1.807) is 28.6 Å². The second kappa shape index (κ2) is 5.44. The zero-order chi connectivity index (χ0) is 14.1. The van der Waals surface area contributed by atoms with E-state index in [0.717, 1.165) is 25.9 Å². The summed E-state index contributed by atoms with van der Waals surface area (Å²) < 4.78 is 32.8. The summed E-state index contributed by atoms with van der Waals surface area (Å²) in [5.41, 5.74) is -0.300. The lowest BCUT2D eigenvalue weighted by Gasteiger charge is -2.44. The smallest absolute Gasteiger partial charge is 0.243 e. The topological polar surface area (TPSA) is 58.6 Å². The third-order valence-corrected chi connectivity index (χ3v) is 5.97. The SMILES string of the molecule is O=S(=O)(c1ccccc1)N1CCOC2(CCNCC2)C1. The molecule has 1 spiro atoms. The normalized spacial score (nSPS) is 23.8. The van der Waals surface area contributed by atoms with Crippen molar-refractivity contribution < 1.29 is 13.2 Å².